The molecule has 0 aliphatic rings. The van der Waals surface area contributed by atoms with Crippen LogP contribution in [0.15, 0.2) is 109 Å². The van der Waals surface area contributed by atoms with Crippen LogP contribution in [-0.4, -0.2) is 18.4 Å². The van der Waals surface area contributed by atoms with Gasteiger partial charge in [-0.25, -0.2) is 0 Å². The first kappa shape index (κ1) is 22.8. The fourth-order valence-corrected chi connectivity index (χ4v) is 3.56. The van der Waals surface area contributed by atoms with E-state index in [2.05, 4.69) is 10.6 Å². The summed E-state index contributed by atoms with van der Waals surface area (Å²) in [6.45, 7) is 0.469. The van der Waals surface area contributed by atoms with Gasteiger partial charge in [0.25, 0.3) is 5.91 Å². The molecule has 0 atom stereocenters. The van der Waals surface area contributed by atoms with Crippen molar-refractivity contribution in [1.29, 1.82) is 0 Å². The van der Waals surface area contributed by atoms with Gasteiger partial charge in [0.1, 0.15) is 5.75 Å². The number of ether oxygens (including phenoxy) is 1. The fraction of sp³-hybridized carbons (Fsp3) is 0.103. The average molecular weight is 451 g/mol. The second-order valence-corrected chi connectivity index (χ2v) is 7.83. The molecule has 0 heterocycles. The Hall–Kier alpha value is -4.38. The molecule has 0 radical (unpaired) electrons. The highest BCUT2D eigenvalue weighted by atomic mass is 16.5. The van der Waals surface area contributed by atoms with E-state index in [1.54, 1.807) is 42.5 Å². The van der Waals surface area contributed by atoms with Crippen molar-refractivity contribution in [3.63, 3.8) is 0 Å². The standard InChI is InChI=1S/C29H26N2O3/c32-28(20-23-12-5-2-6-13-23)30-24-14-9-15-25(21-24)31-29(33)26-16-7-8-17-27(26)34-19-18-22-10-3-1-4-11-22/h1-17,21H,18-20H2,(H,30,32)(H,31,33). The Bertz CT molecular complexity index is 1240. The maximum absolute atomic E-state index is 13.0. The minimum Gasteiger partial charge on any atom is -0.492 e. The van der Waals surface area contributed by atoms with E-state index in [1.807, 2.05) is 66.7 Å². The number of hydrogen-bond acceptors (Lipinski definition) is 3. The molecule has 0 fully saturated rings. The van der Waals surface area contributed by atoms with Crippen LogP contribution in [0.5, 0.6) is 5.75 Å². The number of nitrogens with one attached hydrogen (secondary N) is 2. The maximum atomic E-state index is 13.0. The van der Waals surface area contributed by atoms with Crippen molar-refractivity contribution in [1.82, 2.24) is 0 Å². The summed E-state index contributed by atoms with van der Waals surface area (Å²) in [4.78, 5) is 25.3. The highest BCUT2D eigenvalue weighted by Crippen LogP contribution is 2.22. The number of carbonyl (C=O) groups excluding carboxylic acids is 2. The summed E-state index contributed by atoms with van der Waals surface area (Å²) in [5, 5.41) is 5.78. The zero-order valence-electron chi connectivity index (χ0n) is 18.7. The van der Waals surface area contributed by atoms with Crippen molar-refractivity contribution in [3.05, 3.63) is 126 Å². The van der Waals surface area contributed by atoms with Crippen molar-refractivity contribution in [2.24, 2.45) is 0 Å². The Balaban J connectivity index is 1.37. The summed E-state index contributed by atoms with van der Waals surface area (Å²) in [6, 6.07) is 33.9. The number of hydrogen-bond donors (Lipinski definition) is 2. The summed E-state index contributed by atoms with van der Waals surface area (Å²) in [7, 11) is 0. The van der Waals surface area contributed by atoms with Gasteiger partial charge < -0.3 is 15.4 Å². The summed E-state index contributed by atoms with van der Waals surface area (Å²) in [5.41, 5.74) is 3.77. The molecular weight excluding hydrogens is 424 g/mol. The molecule has 4 aromatic carbocycles. The predicted molar refractivity (Wildman–Crippen MR) is 135 cm³/mol. The third-order valence-corrected chi connectivity index (χ3v) is 5.23. The number of para-hydroxylation sites is 1. The van der Waals surface area contributed by atoms with Gasteiger partial charge in [-0.15, -0.1) is 0 Å². The van der Waals surface area contributed by atoms with Crippen LogP contribution in [0.1, 0.15) is 21.5 Å². The van der Waals surface area contributed by atoms with Crippen LogP contribution < -0.4 is 15.4 Å². The summed E-state index contributed by atoms with van der Waals surface area (Å²) in [5.74, 6) is 0.137. The van der Waals surface area contributed by atoms with E-state index in [9.17, 15) is 9.59 Å². The zero-order valence-corrected chi connectivity index (χ0v) is 18.7. The smallest absolute Gasteiger partial charge is 0.259 e. The van der Waals surface area contributed by atoms with Crippen LogP contribution in [0, 0.1) is 0 Å². The van der Waals surface area contributed by atoms with Gasteiger partial charge in [-0.1, -0.05) is 78.9 Å². The minimum atomic E-state index is -0.275. The monoisotopic (exact) mass is 450 g/mol. The van der Waals surface area contributed by atoms with Gasteiger partial charge in [-0.05, 0) is 41.5 Å². The molecule has 2 N–H and O–H groups in total. The Morgan fingerprint density at radius 3 is 2.00 bits per heavy atom. The lowest BCUT2D eigenvalue weighted by atomic mass is 10.1. The van der Waals surface area contributed by atoms with Gasteiger partial charge in [-0.3, -0.25) is 9.59 Å². The number of carbonyl (C=O) groups is 2. The van der Waals surface area contributed by atoms with Gasteiger partial charge in [0.15, 0.2) is 0 Å². The van der Waals surface area contributed by atoms with E-state index >= 15 is 0 Å². The lowest BCUT2D eigenvalue weighted by Gasteiger charge is -2.13. The first-order valence-corrected chi connectivity index (χ1v) is 11.2. The van der Waals surface area contributed by atoms with Crippen molar-refractivity contribution < 1.29 is 14.3 Å². The molecule has 34 heavy (non-hydrogen) atoms. The van der Waals surface area contributed by atoms with Gasteiger partial charge in [0.2, 0.25) is 5.91 Å². The van der Waals surface area contributed by atoms with Crippen LogP contribution in [0.3, 0.4) is 0 Å². The largest absolute Gasteiger partial charge is 0.492 e. The summed E-state index contributed by atoms with van der Waals surface area (Å²) in [6.07, 6.45) is 1.03. The first-order valence-electron chi connectivity index (χ1n) is 11.2. The molecule has 0 bridgehead atoms. The average Bonchev–Trinajstić information content (AvgIpc) is 2.86. The molecule has 4 rings (SSSR count). The van der Waals surface area contributed by atoms with Gasteiger partial charge in [0.05, 0.1) is 18.6 Å². The third-order valence-electron chi connectivity index (χ3n) is 5.23. The van der Waals surface area contributed by atoms with Crippen LogP contribution >= 0.6 is 0 Å². The molecule has 0 aliphatic heterocycles. The molecule has 0 saturated carbocycles. The Morgan fingerprint density at radius 1 is 0.647 bits per heavy atom. The molecule has 4 aromatic rings. The third kappa shape index (κ3) is 6.56. The van der Waals surface area contributed by atoms with Gasteiger partial charge in [0, 0.05) is 17.8 Å². The van der Waals surface area contributed by atoms with Gasteiger partial charge >= 0.3 is 0 Å². The van der Waals surface area contributed by atoms with Crippen molar-refractivity contribution in [3.8, 4) is 5.75 Å². The van der Waals surface area contributed by atoms with E-state index in [0.29, 0.717) is 29.3 Å². The summed E-state index contributed by atoms with van der Waals surface area (Å²) < 4.78 is 5.92. The van der Waals surface area contributed by atoms with Crippen LogP contribution in [0.4, 0.5) is 11.4 Å². The number of anilines is 2. The lowest BCUT2D eigenvalue weighted by molar-refractivity contribution is -0.115. The Labute approximate surface area is 199 Å². The normalized spacial score (nSPS) is 10.4. The second kappa shape index (κ2) is 11.5. The molecular formula is C29H26N2O3. The molecule has 2 amide bonds. The molecule has 5 heteroatoms. The Morgan fingerprint density at radius 2 is 1.26 bits per heavy atom. The number of rotatable bonds is 9. The van der Waals surface area contributed by atoms with E-state index in [0.717, 1.165) is 12.0 Å². The van der Waals surface area contributed by atoms with Crippen LogP contribution in [0.2, 0.25) is 0 Å². The quantitative estimate of drug-likeness (QED) is 0.342. The van der Waals surface area contributed by atoms with E-state index in [1.165, 1.54) is 5.56 Å². The van der Waals surface area contributed by atoms with E-state index < -0.39 is 0 Å². The molecule has 0 spiro atoms. The summed E-state index contributed by atoms with van der Waals surface area (Å²) >= 11 is 0. The van der Waals surface area contributed by atoms with Crippen LogP contribution in [0.25, 0.3) is 0 Å². The molecule has 0 saturated heterocycles. The van der Waals surface area contributed by atoms with Gasteiger partial charge in [-0.2, -0.15) is 0 Å². The second-order valence-electron chi connectivity index (χ2n) is 7.83. The highest BCUT2D eigenvalue weighted by Gasteiger charge is 2.13. The highest BCUT2D eigenvalue weighted by molar-refractivity contribution is 6.06. The SMILES string of the molecule is O=C(Cc1ccccc1)Nc1cccc(NC(=O)c2ccccc2OCCc2ccccc2)c1. The topological polar surface area (TPSA) is 67.4 Å². The molecule has 0 unspecified atom stereocenters. The molecule has 5 nitrogen and oxygen atoms in total. The van der Waals surface area contributed by atoms with Crippen LogP contribution in [-0.2, 0) is 17.6 Å². The minimum absolute atomic E-state index is 0.119. The lowest BCUT2D eigenvalue weighted by Crippen LogP contribution is -2.16. The van der Waals surface area contributed by atoms with Crippen molar-refractivity contribution in [2.45, 2.75) is 12.8 Å². The molecule has 170 valence electrons. The van der Waals surface area contributed by atoms with E-state index in [-0.39, 0.29) is 18.2 Å². The maximum Gasteiger partial charge on any atom is 0.259 e. The first-order chi connectivity index (χ1) is 16.7. The van der Waals surface area contributed by atoms with E-state index in [4.69, 9.17) is 4.74 Å². The predicted octanol–water partition coefficient (Wildman–Crippen LogP) is 5.74. The van der Waals surface area contributed by atoms with Crippen molar-refractivity contribution >= 4 is 23.2 Å². The zero-order chi connectivity index (χ0) is 23.6. The number of benzene rings is 4. The molecule has 0 aromatic heterocycles. The van der Waals surface area contributed by atoms with Crippen molar-refractivity contribution in [2.75, 3.05) is 17.2 Å². The fourth-order valence-electron chi connectivity index (χ4n) is 3.56. The number of amides is 2. The molecule has 0 aliphatic carbocycles. The Kier molecular flexibility index (Phi) is 7.70.